The van der Waals surface area contributed by atoms with Crippen LogP contribution < -0.4 is 11.1 Å². The first-order chi connectivity index (χ1) is 19.8. The predicted octanol–water partition coefficient (Wildman–Crippen LogP) is 6.40. The highest BCUT2D eigenvalue weighted by molar-refractivity contribution is 5.99. The van der Waals surface area contributed by atoms with Crippen molar-refractivity contribution >= 4 is 23.8 Å². The van der Waals surface area contributed by atoms with Crippen LogP contribution in [0.1, 0.15) is 89.0 Å². The van der Waals surface area contributed by atoms with E-state index in [0.29, 0.717) is 24.8 Å². The third kappa shape index (κ3) is 5.86. The number of benzene rings is 1. The number of rotatable bonds is 2. The van der Waals surface area contributed by atoms with Crippen LogP contribution in [0.15, 0.2) is 64.7 Å². The lowest BCUT2D eigenvalue weighted by molar-refractivity contribution is -0.130. The zero-order valence-corrected chi connectivity index (χ0v) is 25.1. The fourth-order valence-electron chi connectivity index (χ4n) is 6.94. The zero-order chi connectivity index (χ0) is 30.4. The number of guanidine groups is 1. The Kier molecular flexibility index (Phi) is 8.03. The molecule has 1 aromatic rings. The molecular weight excluding hydrogens is 534 g/mol. The van der Waals surface area contributed by atoms with Crippen LogP contribution in [0.5, 0.6) is 0 Å². The lowest BCUT2D eigenvalue weighted by Gasteiger charge is -2.37. The summed E-state index contributed by atoms with van der Waals surface area (Å²) in [6, 6.07) is 4.90. The summed E-state index contributed by atoms with van der Waals surface area (Å²) in [4.78, 5) is 32.6. The molecule has 8 heteroatoms. The molecule has 0 saturated carbocycles. The van der Waals surface area contributed by atoms with E-state index in [1.807, 2.05) is 19.9 Å². The van der Waals surface area contributed by atoms with Gasteiger partial charge in [0.05, 0.1) is 18.1 Å². The minimum atomic E-state index is -3.21. The van der Waals surface area contributed by atoms with Crippen molar-refractivity contribution in [2.75, 3.05) is 0 Å². The highest BCUT2D eigenvalue weighted by Crippen LogP contribution is 2.47. The number of aliphatic imine (C=N–C) groups is 1. The number of carbonyl (C=O) groups is 2. The largest absolute Gasteiger partial charge is 0.369 e. The van der Waals surface area contributed by atoms with E-state index in [-0.39, 0.29) is 52.9 Å². The summed E-state index contributed by atoms with van der Waals surface area (Å²) in [5.74, 6) is -4.13. The van der Waals surface area contributed by atoms with Gasteiger partial charge >= 0.3 is 0 Å². The van der Waals surface area contributed by atoms with Crippen LogP contribution >= 0.6 is 0 Å². The lowest BCUT2D eigenvalue weighted by atomic mass is 9.71. The number of allylic oxidation sites excluding steroid dienone is 3. The van der Waals surface area contributed by atoms with Crippen LogP contribution in [0.25, 0.3) is 6.08 Å². The fourth-order valence-corrected chi connectivity index (χ4v) is 6.94. The molecule has 0 fully saturated rings. The maximum Gasteiger partial charge on any atom is 0.275 e. The Morgan fingerprint density at radius 1 is 1.19 bits per heavy atom. The lowest BCUT2D eigenvalue weighted by Crippen LogP contribution is -2.53. The average Bonchev–Trinajstić information content (AvgIpc) is 3.17. The molecule has 3 heterocycles. The Balaban J connectivity index is 1.58. The first kappa shape index (κ1) is 29.9. The normalized spacial score (nSPS) is 29.6. The molecule has 5 aliphatic rings. The van der Waals surface area contributed by atoms with Crippen molar-refractivity contribution in [3.8, 4) is 0 Å². The summed E-state index contributed by atoms with van der Waals surface area (Å²) in [6.07, 6.45) is 9.92. The van der Waals surface area contributed by atoms with Crippen LogP contribution in [-0.2, 0) is 16.0 Å². The van der Waals surface area contributed by atoms with Crippen molar-refractivity contribution in [1.29, 1.82) is 0 Å². The maximum absolute atomic E-state index is 15.7. The Hall–Kier alpha value is -3.55. The highest BCUT2D eigenvalue weighted by Gasteiger charge is 2.51. The highest BCUT2D eigenvalue weighted by atomic mass is 19.3. The molecule has 4 unspecified atom stereocenters. The molecule has 42 heavy (non-hydrogen) atoms. The second-order valence-corrected chi connectivity index (χ2v) is 13.1. The molecular formula is C34H42F2N4O2. The van der Waals surface area contributed by atoms with Crippen molar-refractivity contribution in [3.63, 3.8) is 0 Å². The Bertz CT molecular complexity index is 1420. The van der Waals surface area contributed by atoms with Crippen LogP contribution in [0.2, 0.25) is 0 Å². The predicted molar refractivity (Wildman–Crippen MR) is 163 cm³/mol. The molecule has 4 atom stereocenters. The molecule has 6 nitrogen and oxygen atoms in total. The molecule has 0 radical (unpaired) electrons. The van der Waals surface area contributed by atoms with E-state index in [2.05, 4.69) is 55.0 Å². The number of nitrogens with one attached hydrogen (secondary N) is 1. The molecule has 2 aliphatic carbocycles. The minimum absolute atomic E-state index is 0.00564. The number of amides is 2. The molecule has 2 amide bonds. The van der Waals surface area contributed by atoms with Crippen molar-refractivity contribution in [3.05, 3.63) is 76.4 Å². The monoisotopic (exact) mass is 576 g/mol. The topological polar surface area (TPSA) is 87.8 Å². The molecule has 6 bridgehead atoms. The fraction of sp³-hybridized carbons (Fsp3) is 0.500. The van der Waals surface area contributed by atoms with Crippen molar-refractivity contribution in [1.82, 2.24) is 10.2 Å². The second kappa shape index (κ2) is 11.3. The van der Waals surface area contributed by atoms with Crippen molar-refractivity contribution in [2.24, 2.45) is 22.1 Å². The van der Waals surface area contributed by atoms with Gasteiger partial charge < -0.3 is 11.1 Å². The number of nitrogens with zero attached hydrogens (tertiary/aromatic N) is 2. The molecule has 3 N–H and O–H groups in total. The standard InChI is InChI=1S/C34H42F2N4O2/c1-6-20(2)30-26-14-11-21(3)31(42)39-27-18-33(4,5)17-23-13-12-22(15-25(23)27)9-7-8-10-24-16-29(41)40(32(37)38-24)28(30)19-34(26,35)36/h7,9,11-15,20,24,27-28H,3,6,8,10,16-19H2,1-2,4-5H3,(H2,37,38)(H,39,42)/b9-7-,14-11-. The van der Waals surface area contributed by atoms with E-state index in [1.54, 1.807) is 0 Å². The van der Waals surface area contributed by atoms with E-state index < -0.39 is 24.3 Å². The Morgan fingerprint density at radius 3 is 2.67 bits per heavy atom. The van der Waals surface area contributed by atoms with Gasteiger partial charge in [0.1, 0.15) is 0 Å². The first-order valence-corrected chi connectivity index (χ1v) is 15.0. The van der Waals surface area contributed by atoms with E-state index in [9.17, 15) is 9.59 Å². The summed E-state index contributed by atoms with van der Waals surface area (Å²) in [5.41, 5.74) is 9.96. The number of halogens is 2. The summed E-state index contributed by atoms with van der Waals surface area (Å²) in [7, 11) is 0. The number of alkyl halides is 2. The van der Waals surface area contributed by atoms with E-state index in [4.69, 9.17) is 5.73 Å². The first-order valence-electron chi connectivity index (χ1n) is 15.0. The van der Waals surface area contributed by atoms with E-state index in [0.717, 1.165) is 24.0 Å². The number of fused-ring (bicyclic) bond motifs is 6. The summed E-state index contributed by atoms with van der Waals surface area (Å²) in [5, 5.41) is 3.14. The molecule has 6 rings (SSSR count). The van der Waals surface area contributed by atoms with Crippen LogP contribution in [0.3, 0.4) is 0 Å². The van der Waals surface area contributed by atoms with Gasteiger partial charge in [-0.3, -0.25) is 14.5 Å². The molecule has 224 valence electrons. The molecule has 0 aromatic heterocycles. The van der Waals surface area contributed by atoms with Gasteiger partial charge in [-0.05, 0) is 77.8 Å². The average molecular weight is 577 g/mol. The van der Waals surface area contributed by atoms with E-state index in [1.165, 1.54) is 22.6 Å². The molecule has 0 saturated heterocycles. The second-order valence-electron chi connectivity index (χ2n) is 13.1. The Labute approximate surface area is 247 Å². The van der Waals surface area contributed by atoms with Crippen LogP contribution in [0.4, 0.5) is 8.78 Å². The van der Waals surface area contributed by atoms with Crippen LogP contribution in [-0.4, -0.2) is 40.7 Å². The van der Waals surface area contributed by atoms with Gasteiger partial charge in [0.2, 0.25) is 5.91 Å². The van der Waals surface area contributed by atoms with Gasteiger partial charge in [0, 0.05) is 24.0 Å². The van der Waals surface area contributed by atoms with Gasteiger partial charge in [0.15, 0.2) is 5.96 Å². The molecule has 0 spiro atoms. The summed E-state index contributed by atoms with van der Waals surface area (Å²) < 4.78 is 31.3. The maximum atomic E-state index is 15.7. The minimum Gasteiger partial charge on any atom is -0.369 e. The zero-order valence-electron chi connectivity index (χ0n) is 25.1. The van der Waals surface area contributed by atoms with Crippen molar-refractivity contribution in [2.45, 2.75) is 96.7 Å². The van der Waals surface area contributed by atoms with E-state index >= 15 is 8.78 Å². The Morgan fingerprint density at radius 2 is 1.95 bits per heavy atom. The quantitative estimate of drug-likeness (QED) is 0.400. The van der Waals surface area contributed by atoms with Gasteiger partial charge in [0.25, 0.3) is 11.8 Å². The summed E-state index contributed by atoms with van der Waals surface area (Å²) >= 11 is 0. The van der Waals surface area contributed by atoms with Crippen LogP contribution in [0, 0.1) is 11.3 Å². The van der Waals surface area contributed by atoms with Gasteiger partial charge in [-0.25, -0.2) is 13.8 Å². The molecule has 1 aromatic carbocycles. The third-order valence-electron chi connectivity index (χ3n) is 9.21. The third-order valence-corrected chi connectivity index (χ3v) is 9.21. The number of hydrogen-bond acceptors (Lipinski definition) is 4. The smallest absolute Gasteiger partial charge is 0.275 e. The number of nitrogens with two attached hydrogens (primary N) is 1. The number of carbonyl (C=O) groups excluding carboxylic acids is 2. The SMILES string of the molecule is C=C1/C=C\C2=C(C(C)CC)C(CC2(F)F)N2C(=O)CC(CC/C=C\c3ccc4c(c3)C(CC(C)(C)C4)NC1=O)N=C2N. The van der Waals surface area contributed by atoms with Gasteiger partial charge in [-0.2, -0.15) is 0 Å². The van der Waals surface area contributed by atoms with Gasteiger partial charge in [-0.15, -0.1) is 0 Å². The molecule has 3 aliphatic heterocycles. The summed E-state index contributed by atoms with van der Waals surface area (Å²) in [6.45, 7) is 12.1. The number of hydrogen-bond donors (Lipinski definition) is 2. The van der Waals surface area contributed by atoms with Gasteiger partial charge in [-0.1, -0.05) is 64.6 Å². The van der Waals surface area contributed by atoms with Crippen molar-refractivity contribution < 1.29 is 18.4 Å².